The van der Waals surface area contributed by atoms with Gasteiger partial charge in [0.05, 0.1) is 11.4 Å². The summed E-state index contributed by atoms with van der Waals surface area (Å²) in [6.45, 7) is 0.735. The Labute approximate surface area is 146 Å². The maximum absolute atomic E-state index is 12.6. The quantitative estimate of drug-likeness (QED) is 0.784. The molecule has 9 heteroatoms. The van der Waals surface area contributed by atoms with Gasteiger partial charge in [0.1, 0.15) is 6.33 Å². The van der Waals surface area contributed by atoms with Gasteiger partial charge >= 0.3 is 0 Å². The van der Waals surface area contributed by atoms with Crippen molar-refractivity contribution in [2.24, 2.45) is 13.0 Å². The summed E-state index contributed by atoms with van der Waals surface area (Å²) in [6, 6.07) is 6.09. The molecule has 1 fully saturated rings. The van der Waals surface area contributed by atoms with Gasteiger partial charge in [0.25, 0.3) is 5.91 Å². The number of rotatable bonds is 7. The highest BCUT2D eigenvalue weighted by Gasteiger charge is 2.25. The molecular formula is C16H21N5O3S. The third-order valence-electron chi connectivity index (χ3n) is 4.18. The van der Waals surface area contributed by atoms with Gasteiger partial charge in [0.15, 0.2) is 5.82 Å². The van der Waals surface area contributed by atoms with E-state index in [0.29, 0.717) is 23.9 Å². The molecule has 1 saturated carbocycles. The Morgan fingerprint density at radius 3 is 2.80 bits per heavy atom. The van der Waals surface area contributed by atoms with Crippen LogP contribution in [0.5, 0.6) is 0 Å². The molecule has 2 aromatic rings. The third kappa shape index (κ3) is 4.23. The highest BCUT2D eigenvalue weighted by molar-refractivity contribution is 7.89. The molecule has 134 valence electrons. The van der Waals surface area contributed by atoms with E-state index in [1.165, 1.54) is 17.0 Å². The van der Waals surface area contributed by atoms with E-state index < -0.39 is 10.0 Å². The third-order valence-corrected chi connectivity index (χ3v) is 5.60. The van der Waals surface area contributed by atoms with E-state index in [9.17, 15) is 13.2 Å². The van der Waals surface area contributed by atoms with Crippen LogP contribution in [0, 0.1) is 5.92 Å². The van der Waals surface area contributed by atoms with Gasteiger partial charge in [-0.05, 0) is 37.0 Å². The number of carbonyl (C=O) groups is 1. The summed E-state index contributed by atoms with van der Waals surface area (Å²) < 4.78 is 29.0. The maximum Gasteiger partial charge on any atom is 0.254 e. The van der Waals surface area contributed by atoms with Crippen LogP contribution in [0.15, 0.2) is 35.5 Å². The molecule has 1 N–H and O–H groups in total. The van der Waals surface area contributed by atoms with Crippen molar-refractivity contribution in [3.05, 3.63) is 42.0 Å². The van der Waals surface area contributed by atoms with Crippen LogP contribution in [0.1, 0.15) is 29.0 Å². The molecule has 1 aromatic heterocycles. The number of nitrogens with one attached hydrogen (secondary N) is 1. The van der Waals surface area contributed by atoms with E-state index in [-0.39, 0.29) is 17.3 Å². The number of hydrogen-bond acceptors (Lipinski definition) is 5. The summed E-state index contributed by atoms with van der Waals surface area (Å²) in [6.07, 6.45) is 3.69. The van der Waals surface area contributed by atoms with Crippen molar-refractivity contribution in [2.75, 3.05) is 13.6 Å². The number of aryl methyl sites for hydroxylation is 1. The van der Waals surface area contributed by atoms with Crippen LogP contribution in [-0.2, 0) is 23.6 Å². The van der Waals surface area contributed by atoms with Gasteiger partial charge in [-0.1, -0.05) is 6.07 Å². The van der Waals surface area contributed by atoms with Crippen molar-refractivity contribution in [3.63, 3.8) is 0 Å². The fourth-order valence-corrected chi connectivity index (χ4v) is 3.55. The van der Waals surface area contributed by atoms with Crippen LogP contribution in [0.2, 0.25) is 0 Å². The molecule has 1 aliphatic carbocycles. The molecule has 1 aliphatic rings. The van der Waals surface area contributed by atoms with Gasteiger partial charge in [-0.2, -0.15) is 0 Å². The zero-order valence-electron chi connectivity index (χ0n) is 14.2. The molecule has 3 rings (SSSR count). The minimum absolute atomic E-state index is 0.103. The summed E-state index contributed by atoms with van der Waals surface area (Å²) in [4.78, 5) is 14.2. The second-order valence-corrected chi connectivity index (χ2v) is 8.11. The highest BCUT2D eigenvalue weighted by Crippen LogP contribution is 2.28. The van der Waals surface area contributed by atoms with E-state index in [2.05, 4.69) is 14.9 Å². The van der Waals surface area contributed by atoms with Crippen molar-refractivity contribution < 1.29 is 13.2 Å². The first-order chi connectivity index (χ1) is 11.9. The summed E-state index contributed by atoms with van der Waals surface area (Å²) in [5, 5.41) is 7.73. The number of carbonyl (C=O) groups excluding carboxylic acids is 1. The first-order valence-electron chi connectivity index (χ1n) is 8.05. The minimum Gasteiger partial charge on any atom is -0.334 e. The van der Waals surface area contributed by atoms with Crippen molar-refractivity contribution in [3.8, 4) is 0 Å². The smallest absolute Gasteiger partial charge is 0.254 e. The summed E-state index contributed by atoms with van der Waals surface area (Å²) in [5.74, 6) is 0.810. The largest absolute Gasteiger partial charge is 0.334 e. The molecule has 1 heterocycles. The van der Waals surface area contributed by atoms with Crippen LogP contribution in [0.25, 0.3) is 0 Å². The molecule has 1 aromatic carbocycles. The van der Waals surface area contributed by atoms with Gasteiger partial charge in [0.2, 0.25) is 10.0 Å². The molecule has 0 atom stereocenters. The molecule has 0 saturated heterocycles. The summed E-state index contributed by atoms with van der Waals surface area (Å²) in [5.41, 5.74) is 0.318. The lowest BCUT2D eigenvalue weighted by Gasteiger charge is -2.17. The van der Waals surface area contributed by atoms with Crippen LogP contribution in [0.4, 0.5) is 0 Å². The molecule has 0 radical (unpaired) electrons. The van der Waals surface area contributed by atoms with Crippen LogP contribution >= 0.6 is 0 Å². The van der Waals surface area contributed by atoms with E-state index in [0.717, 1.165) is 12.8 Å². The first kappa shape index (κ1) is 17.6. The summed E-state index contributed by atoms with van der Waals surface area (Å²) >= 11 is 0. The van der Waals surface area contributed by atoms with Crippen LogP contribution < -0.4 is 4.72 Å². The van der Waals surface area contributed by atoms with Crippen LogP contribution in [-0.4, -0.2) is 47.6 Å². The van der Waals surface area contributed by atoms with E-state index in [1.807, 2.05) is 0 Å². The maximum atomic E-state index is 12.6. The average molecular weight is 363 g/mol. The number of amides is 1. The lowest BCUT2D eigenvalue weighted by molar-refractivity contribution is 0.0780. The monoisotopic (exact) mass is 363 g/mol. The number of nitrogens with zero attached hydrogens (tertiary/aromatic N) is 4. The molecule has 0 unspecified atom stereocenters. The Morgan fingerprint density at radius 1 is 1.40 bits per heavy atom. The molecule has 0 spiro atoms. The van der Waals surface area contributed by atoms with Gasteiger partial charge in [-0.15, -0.1) is 10.2 Å². The normalized spacial score (nSPS) is 14.5. The van der Waals surface area contributed by atoms with Crippen molar-refractivity contribution in [1.82, 2.24) is 24.4 Å². The lowest BCUT2D eigenvalue weighted by atomic mass is 10.2. The Balaban J connectivity index is 1.73. The lowest BCUT2D eigenvalue weighted by Crippen LogP contribution is -2.29. The SMILES string of the molecule is CN(Cc1nncn1C)C(=O)c1cccc(S(=O)(=O)NCC2CC2)c1. The van der Waals surface area contributed by atoms with E-state index >= 15 is 0 Å². The zero-order chi connectivity index (χ0) is 18.0. The van der Waals surface area contributed by atoms with Crippen molar-refractivity contribution >= 4 is 15.9 Å². The topological polar surface area (TPSA) is 97.2 Å². The zero-order valence-corrected chi connectivity index (χ0v) is 15.0. The fourth-order valence-electron chi connectivity index (χ4n) is 2.38. The van der Waals surface area contributed by atoms with Gasteiger partial charge in [-0.25, -0.2) is 13.1 Å². The van der Waals surface area contributed by atoms with E-state index in [1.54, 1.807) is 37.1 Å². The predicted molar refractivity (Wildman–Crippen MR) is 91.2 cm³/mol. The van der Waals surface area contributed by atoms with E-state index in [4.69, 9.17) is 0 Å². The summed E-state index contributed by atoms with van der Waals surface area (Å²) in [7, 11) is -0.161. The fraction of sp³-hybridized carbons (Fsp3) is 0.438. The number of sulfonamides is 1. The molecule has 0 aliphatic heterocycles. The second-order valence-electron chi connectivity index (χ2n) is 6.34. The molecule has 1 amide bonds. The Bertz CT molecular complexity index is 873. The average Bonchev–Trinajstić information content (AvgIpc) is 3.35. The second kappa shape index (κ2) is 6.93. The van der Waals surface area contributed by atoms with Crippen molar-refractivity contribution in [1.29, 1.82) is 0 Å². The minimum atomic E-state index is -3.60. The molecule has 8 nitrogen and oxygen atoms in total. The number of aromatic nitrogens is 3. The molecule has 0 bridgehead atoms. The predicted octanol–water partition coefficient (Wildman–Crippen LogP) is 0.776. The first-order valence-corrected chi connectivity index (χ1v) is 9.53. The Morgan fingerprint density at radius 2 is 2.16 bits per heavy atom. The van der Waals surface area contributed by atoms with Gasteiger partial charge in [0, 0.05) is 26.2 Å². The Kier molecular flexibility index (Phi) is 4.87. The number of benzene rings is 1. The van der Waals surface area contributed by atoms with Crippen LogP contribution in [0.3, 0.4) is 0 Å². The molecular weight excluding hydrogens is 342 g/mol. The standard InChI is InChI=1S/C16H21N5O3S/c1-20(10-15-19-17-11-21(15)2)16(22)13-4-3-5-14(8-13)25(23,24)18-9-12-6-7-12/h3-5,8,11-12,18H,6-7,9-10H2,1-2H3. The Hall–Kier alpha value is -2.26. The van der Waals surface area contributed by atoms with Crippen molar-refractivity contribution in [2.45, 2.75) is 24.3 Å². The van der Waals surface area contributed by atoms with Gasteiger partial charge in [-0.3, -0.25) is 4.79 Å². The highest BCUT2D eigenvalue weighted by atomic mass is 32.2. The van der Waals surface area contributed by atoms with Gasteiger partial charge < -0.3 is 9.47 Å². The number of hydrogen-bond donors (Lipinski definition) is 1. The molecule has 25 heavy (non-hydrogen) atoms.